The summed E-state index contributed by atoms with van der Waals surface area (Å²) in [4.78, 5) is 2.36. The molecule has 7 heteroatoms. The SMILES string of the molecule is CC(C)C(C)OCC(NS(C)(=O)=O)C(C)(C)C(C)(C)N1CCC(O)CC1. The maximum atomic E-state index is 12.0. The minimum atomic E-state index is -3.36. The van der Waals surface area contributed by atoms with Crippen LogP contribution in [0.3, 0.4) is 0 Å². The molecule has 1 rings (SSSR count). The van der Waals surface area contributed by atoms with Crippen molar-refractivity contribution >= 4 is 10.0 Å². The van der Waals surface area contributed by atoms with Gasteiger partial charge in [-0.25, -0.2) is 13.1 Å². The zero-order valence-corrected chi connectivity index (χ0v) is 18.7. The van der Waals surface area contributed by atoms with Crippen LogP contribution in [0.15, 0.2) is 0 Å². The molecule has 1 fully saturated rings. The summed E-state index contributed by atoms with van der Waals surface area (Å²) >= 11 is 0. The predicted octanol–water partition coefficient (Wildman–Crippen LogP) is 2.23. The lowest BCUT2D eigenvalue weighted by atomic mass is 9.68. The maximum Gasteiger partial charge on any atom is 0.209 e. The highest BCUT2D eigenvalue weighted by Gasteiger charge is 2.48. The van der Waals surface area contributed by atoms with Crippen LogP contribution < -0.4 is 4.72 Å². The van der Waals surface area contributed by atoms with Crippen molar-refractivity contribution in [3.05, 3.63) is 0 Å². The molecule has 0 aromatic heterocycles. The Labute approximate surface area is 160 Å². The third kappa shape index (κ3) is 6.16. The Morgan fingerprint density at radius 1 is 1.15 bits per heavy atom. The molecule has 2 unspecified atom stereocenters. The summed E-state index contributed by atoms with van der Waals surface area (Å²) < 4.78 is 32.8. The Morgan fingerprint density at radius 2 is 1.65 bits per heavy atom. The van der Waals surface area contributed by atoms with E-state index in [0.29, 0.717) is 12.5 Å². The first-order chi connectivity index (χ1) is 11.7. The van der Waals surface area contributed by atoms with E-state index < -0.39 is 10.0 Å². The monoisotopic (exact) mass is 392 g/mol. The number of ether oxygens (including phenoxy) is 1. The van der Waals surface area contributed by atoms with Gasteiger partial charge in [0.1, 0.15) is 0 Å². The number of nitrogens with zero attached hydrogens (tertiary/aromatic N) is 1. The summed E-state index contributed by atoms with van der Waals surface area (Å²) in [5.41, 5.74) is -0.644. The smallest absolute Gasteiger partial charge is 0.209 e. The van der Waals surface area contributed by atoms with Gasteiger partial charge in [-0.1, -0.05) is 27.7 Å². The molecule has 0 aliphatic carbocycles. The second kappa shape index (κ2) is 8.86. The lowest BCUT2D eigenvalue weighted by molar-refractivity contribution is -0.0653. The van der Waals surface area contributed by atoms with Crippen LogP contribution in [0.5, 0.6) is 0 Å². The number of nitrogens with one attached hydrogen (secondary N) is 1. The number of hydrogen-bond donors (Lipinski definition) is 2. The molecule has 0 radical (unpaired) electrons. The average molecular weight is 393 g/mol. The topological polar surface area (TPSA) is 78.9 Å². The predicted molar refractivity (Wildman–Crippen MR) is 107 cm³/mol. The lowest BCUT2D eigenvalue weighted by Crippen LogP contribution is -2.64. The molecule has 1 saturated heterocycles. The Balaban J connectivity index is 3.03. The van der Waals surface area contributed by atoms with E-state index in [4.69, 9.17) is 4.74 Å². The van der Waals surface area contributed by atoms with Crippen LogP contribution in [0.4, 0.5) is 0 Å². The fraction of sp³-hybridized carbons (Fsp3) is 1.00. The summed E-state index contributed by atoms with van der Waals surface area (Å²) in [6.45, 7) is 16.7. The van der Waals surface area contributed by atoms with E-state index in [-0.39, 0.29) is 29.2 Å². The number of likely N-dealkylation sites (tertiary alicyclic amines) is 1. The first-order valence-electron chi connectivity index (χ1n) is 9.70. The van der Waals surface area contributed by atoms with Gasteiger partial charge in [0, 0.05) is 24.0 Å². The van der Waals surface area contributed by atoms with Crippen molar-refractivity contribution in [2.24, 2.45) is 11.3 Å². The molecule has 0 bridgehead atoms. The van der Waals surface area contributed by atoms with Crippen LogP contribution in [-0.4, -0.2) is 68.2 Å². The molecule has 1 aliphatic heterocycles. The molecule has 26 heavy (non-hydrogen) atoms. The molecule has 1 heterocycles. The molecule has 156 valence electrons. The highest BCUT2D eigenvalue weighted by molar-refractivity contribution is 7.88. The summed E-state index contributed by atoms with van der Waals surface area (Å²) in [6, 6.07) is -0.347. The molecule has 0 spiro atoms. The summed E-state index contributed by atoms with van der Waals surface area (Å²) in [5.74, 6) is 0.369. The maximum absolute atomic E-state index is 12.0. The third-order valence-corrected chi connectivity index (χ3v) is 7.24. The Kier molecular flexibility index (Phi) is 8.12. The molecule has 2 atom stereocenters. The zero-order valence-electron chi connectivity index (χ0n) is 17.9. The number of sulfonamides is 1. The number of rotatable bonds is 9. The number of hydrogen-bond acceptors (Lipinski definition) is 5. The molecule has 6 nitrogen and oxygen atoms in total. The molecule has 1 aliphatic rings. The highest BCUT2D eigenvalue weighted by Crippen LogP contribution is 2.40. The third-order valence-electron chi connectivity index (χ3n) is 6.52. The average Bonchev–Trinajstić information content (AvgIpc) is 2.49. The highest BCUT2D eigenvalue weighted by atomic mass is 32.2. The standard InChI is InChI=1S/C19H40N2O4S/c1-14(2)15(3)25-13-17(20-26(8,23)24)18(4,5)19(6,7)21-11-9-16(22)10-12-21/h14-17,20,22H,9-13H2,1-8H3. The van der Waals surface area contributed by atoms with Crippen LogP contribution in [-0.2, 0) is 14.8 Å². The quantitative estimate of drug-likeness (QED) is 0.629. The minimum Gasteiger partial charge on any atom is -0.393 e. The van der Waals surface area contributed by atoms with Crippen molar-refractivity contribution in [3.8, 4) is 0 Å². The Hall–Kier alpha value is -0.210. The summed E-state index contributed by atoms with van der Waals surface area (Å²) in [7, 11) is -3.36. The first-order valence-corrected chi connectivity index (χ1v) is 11.6. The van der Waals surface area contributed by atoms with Crippen molar-refractivity contribution < 1.29 is 18.3 Å². The molecule has 0 aromatic carbocycles. The molecule has 0 aromatic rings. The van der Waals surface area contributed by atoms with Crippen molar-refractivity contribution in [2.75, 3.05) is 26.0 Å². The second-order valence-corrected chi connectivity index (χ2v) is 11.0. The van der Waals surface area contributed by atoms with Gasteiger partial charge in [0.15, 0.2) is 0 Å². The molecule has 0 saturated carbocycles. The van der Waals surface area contributed by atoms with Crippen molar-refractivity contribution in [2.45, 2.75) is 85.1 Å². The summed E-state index contributed by atoms with van der Waals surface area (Å²) in [5, 5.41) is 9.82. The van der Waals surface area contributed by atoms with Gasteiger partial charge in [0.2, 0.25) is 10.0 Å². The van der Waals surface area contributed by atoms with Crippen molar-refractivity contribution in [1.82, 2.24) is 9.62 Å². The van der Waals surface area contributed by atoms with Crippen LogP contribution in [0.1, 0.15) is 61.3 Å². The first kappa shape index (κ1) is 23.8. The van der Waals surface area contributed by atoms with Gasteiger partial charge >= 0.3 is 0 Å². The molecule has 0 amide bonds. The molecular weight excluding hydrogens is 352 g/mol. The Morgan fingerprint density at radius 3 is 2.08 bits per heavy atom. The van der Waals surface area contributed by atoms with Gasteiger partial charge in [-0.15, -0.1) is 0 Å². The summed E-state index contributed by atoms with van der Waals surface area (Å²) in [6.07, 6.45) is 2.54. The van der Waals surface area contributed by atoms with Crippen LogP contribution in [0.2, 0.25) is 0 Å². The van der Waals surface area contributed by atoms with E-state index >= 15 is 0 Å². The molecule has 2 N–H and O–H groups in total. The number of aliphatic hydroxyl groups excluding tert-OH is 1. The zero-order chi connectivity index (χ0) is 20.3. The lowest BCUT2D eigenvalue weighted by Gasteiger charge is -2.54. The normalized spacial score (nSPS) is 21.2. The van der Waals surface area contributed by atoms with Crippen molar-refractivity contribution in [1.29, 1.82) is 0 Å². The Bertz CT molecular complexity index is 538. The van der Waals surface area contributed by atoms with E-state index in [1.54, 1.807) is 0 Å². The van der Waals surface area contributed by atoms with Gasteiger partial charge in [-0.2, -0.15) is 0 Å². The van der Waals surface area contributed by atoms with Gasteiger partial charge < -0.3 is 9.84 Å². The van der Waals surface area contributed by atoms with E-state index in [2.05, 4.69) is 51.2 Å². The van der Waals surface area contributed by atoms with Gasteiger partial charge in [0.25, 0.3) is 0 Å². The van der Waals surface area contributed by atoms with E-state index in [9.17, 15) is 13.5 Å². The van der Waals surface area contributed by atoms with E-state index in [1.165, 1.54) is 6.26 Å². The van der Waals surface area contributed by atoms with Crippen LogP contribution in [0, 0.1) is 11.3 Å². The largest absolute Gasteiger partial charge is 0.393 e. The van der Waals surface area contributed by atoms with E-state index in [1.807, 2.05) is 6.92 Å². The van der Waals surface area contributed by atoms with Gasteiger partial charge in [0.05, 0.1) is 31.1 Å². The van der Waals surface area contributed by atoms with Crippen molar-refractivity contribution in [3.63, 3.8) is 0 Å². The van der Waals surface area contributed by atoms with Crippen LogP contribution >= 0.6 is 0 Å². The molecular formula is C19H40N2O4S. The number of piperidine rings is 1. The number of aliphatic hydroxyl groups is 1. The minimum absolute atomic E-state index is 0.0582. The van der Waals surface area contributed by atoms with Gasteiger partial charge in [-0.3, -0.25) is 4.90 Å². The fourth-order valence-electron chi connectivity index (χ4n) is 3.35. The van der Waals surface area contributed by atoms with Gasteiger partial charge in [-0.05, 0) is 39.5 Å². The fourth-order valence-corrected chi connectivity index (χ4v) is 4.23. The van der Waals surface area contributed by atoms with Crippen LogP contribution in [0.25, 0.3) is 0 Å². The van der Waals surface area contributed by atoms with E-state index in [0.717, 1.165) is 25.9 Å². The second-order valence-electron chi connectivity index (χ2n) is 9.22.